The first-order valence-electron chi connectivity index (χ1n) is 10.0. The number of hydrogen-bond acceptors (Lipinski definition) is 5. The van der Waals surface area contributed by atoms with Gasteiger partial charge in [0.1, 0.15) is 10.7 Å². The summed E-state index contributed by atoms with van der Waals surface area (Å²) in [6.45, 7) is 10.3. The minimum Gasteiger partial charge on any atom is -0.303 e. The van der Waals surface area contributed by atoms with Gasteiger partial charge in [-0.3, -0.25) is 4.79 Å². The van der Waals surface area contributed by atoms with Gasteiger partial charge in [-0.1, -0.05) is 37.3 Å². The second-order valence-electron chi connectivity index (χ2n) is 7.96. The second kappa shape index (κ2) is 7.99. The van der Waals surface area contributed by atoms with Crippen molar-refractivity contribution in [1.82, 2.24) is 19.6 Å². The smallest absolute Gasteiger partial charge is 0.232 e. The highest BCUT2D eigenvalue weighted by Crippen LogP contribution is 2.28. The van der Waals surface area contributed by atoms with Gasteiger partial charge in [-0.05, 0) is 55.7 Å². The molecule has 30 heavy (non-hydrogen) atoms. The molecule has 0 saturated heterocycles. The predicted octanol–water partition coefficient (Wildman–Crippen LogP) is 5.08. The SMILES string of the molecule is Cc1ccn2c(CC(=O)Nc3nnc(C(C)C)s3)c(-c3ccc(C)c(C)c3)nc2c1. The molecule has 4 aromatic rings. The highest BCUT2D eigenvalue weighted by atomic mass is 32.1. The Bertz CT molecular complexity index is 1240. The van der Waals surface area contributed by atoms with Crippen molar-refractivity contribution in [3.8, 4) is 11.3 Å². The summed E-state index contributed by atoms with van der Waals surface area (Å²) >= 11 is 1.42. The van der Waals surface area contributed by atoms with Crippen LogP contribution in [0.3, 0.4) is 0 Å². The molecule has 0 unspecified atom stereocenters. The largest absolute Gasteiger partial charge is 0.303 e. The third-order valence-electron chi connectivity index (χ3n) is 5.17. The summed E-state index contributed by atoms with van der Waals surface area (Å²) in [5.41, 5.74) is 7.11. The molecule has 0 saturated carbocycles. The molecule has 0 atom stereocenters. The number of rotatable bonds is 5. The maximum Gasteiger partial charge on any atom is 0.232 e. The Labute approximate surface area is 180 Å². The van der Waals surface area contributed by atoms with Crippen LogP contribution in [0.4, 0.5) is 5.13 Å². The van der Waals surface area contributed by atoms with Crippen LogP contribution in [0.15, 0.2) is 36.5 Å². The quantitative estimate of drug-likeness (QED) is 0.489. The van der Waals surface area contributed by atoms with Gasteiger partial charge < -0.3 is 9.72 Å². The number of anilines is 1. The van der Waals surface area contributed by atoms with Crippen molar-refractivity contribution in [2.24, 2.45) is 0 Å². The van der Waals surface area contributed by atoms with E-state index in [4.69, 9.17) is 4.98 Å². The van der Waals surface area contributed by atoms with Crippen LogP contribution in [0, 0.1) is 20.8 Å². The maximum absolute atomic E-state index is 12.9. The fourth-order valence-corrected chi connectivity index (χ4v) is 4.08. The van der Waals surface area contributed by atoms with E-state index in [1.807, 2.05) is 29.7 Å². The van der Waals surface area contributed by atoms with E-state index >= 15 is 0 Å². The number of pyridine rings is 1. The zero-order valence-electron chi connectivity index (χ0n) is 17.9. The summed E-state index contributed by atoms with van der Waals surface area (Å²) < 4.78 is 2.00. The fraction of sp³-hybridized carbons (Fsp3) is 0.304. The van der Waals surface area contributed by atoms with Gasteiger partial charge in [0.25, 0.3) is 0 Å². The lowest BCUT2D eigenvalue weighted by atomic mass is 10.0. The molecule has 154 valence electrons. The van der Waals surface area contributed by atoms with Crippen LogP contribution < -0.4 is 5.32 Å². The number of nitrogens with zero attached hydrogens (tertiary/aromatic N) is 4. The Morgan fingerprint density at radius 2 is 1.90 bits per heavy atom. The zero-order chi connectivity index (χ0) is 21.4. The number of aryl methyl sites for hydroxylation is 3. The van der Waals surface area contributed by atoms with E-state index in [1.54, 1.807) is 0 Å². The Kier molecular flexibility index (Phi) is 5.39. The first kappa shape index (κ1) is 20.2. The third kappa shape index (κ3) is 3.98. The lowest BCUT2D eigenvalue weighted by Crippen LogP contribution is -2.16. The molecular weight excluding hydrogens is 394 g/mol. The molecule has 3 heterocycles. The van der Waals surface area contributed by atoms with Crippen LogP contribution in [-0.2, 0) is 11.2 Å². The molecule has 4 rings (SSSR count). The monoisotopic (exact) mass is 419 g/mol. The lowest BCUT2D eigenvalue weighted by molar-refractivity contribution is -0.115. The van der Waals surface area contributed by atoms with Crippen molar-refractivity contribution in [3.05, 3.63) is 63.9 Å². The second-order valence-corrected chi connectivity index (χ2v) is 8.97. The van der Waals surface area contributed by atoms with E-state index < -0.39 is 0 Å². The molecule has 0 bridgehead atoms. The molecule has 0 aliphatic heterocycles. The number of hydrogen-bond donors (Lipinski definition) is 1. The van der Waals surface area contributed by atoms with Gasteiger partial charge in [0.15, 0.2) is 0 Å². The Morgan fingerprint density at radius 3 is 2.60 bits per heavy atom. The summed E-state index contributed by atoms with van der Waals surface area (Å²) in [6.07, 6.45) is 2.18. The first-order chi connectivity index (χ1) is 14.3. The number of benzene rings is 1. The van der Waals surface area contributed by atoms with Crippen molar-refractivity contribution in [2.75, 3.05) is 5.32 Å². The Morgan fingerprint density at radius 1 is 1.10 bits per heavy atom. The summed E-state index contributed by atoms with van der Waals surface area (Å²) in [7, 11) is 0. The number of carbonyl (C=O) groups is 1. The fourth-order valence-electron chi connectivity index (χ4n) is 3.32. The van der Waals surface area contributed by atoms with Crippen LogP contribution in [-0.4, -0.2) is 25.5 Å². The van der Waals surface area contributed by atoms with E-state index in [9.17, 15) is 4.79 Å². The van der Waals surface area contributed by atoms with E-state index in [0.29, 0.717) is 5.13 Å². The number of carbonyl (C=O) groups excluding carboxylic acids is 1. The molecule has 1 amide bonds. The standard InChI is InChI=1S/C23H25N5OS/c1-13(2)22-26-27-23(30-22)25-20(29)12-18-21(17-7-6-15(4)16(5)11-17)24-19-10-14(3)8-9-28(18)19/h6-11,13H,12H2,1-5H3,(H,25,27,29). The molecule has 0 radical (unpaired) electrons. The number of amides is 1. The van der Waals surface area contributed by atoms with E-state index in [-0.39, 0.29) is 18.2 Å². The van der Waals surface area contributed by atoms with Gasteiger partial charge in [-0.2, -0.15) is 0 Å². The molecule has 7 heteroatoms. The molecular formula is C23H25N5OS. The van der Waals surface area contributed by atoms with Crippen molar-refractivity contribution < 1.29 is 4.79 Å². The summed E-state index contributed by atoms with van der Waals surface area (Å²) in [4.78, 5) is 17.7. The topological polar surface area (TPSA) is 72.2 Å². The van der Waals surface area contributed by atoms with Gasteiger partial charge in [-0.15, -0.1) is 10.2 Å². The highest BCUT2D eigenvalue weighted by Gasteiger charge is 2.19. The highest BCUT2D eigenvalue weighted by molar-refractivity contribution is 7.15. The Balaban J connectivity index is 1.70. The minimum absolute atomic E-state index is 0.131. The molecule has 6 nitrogen and oxygen atoms in total. The summed E-state index contributed by atoms with van der Waals surface area (Å²) in [6, 6.07) is 10.4. The van der Waals surface area contributed by atoms with Crippen molar-refractivity contribution in [1.29, 1.82) is 0 Å². The first-order valence-corrected chi connectivity index (χ1v) is 10.8. The number of imidazole rings is 1. The molecule has 1 aromatic carbocycles. The summed E-state index contributed by atoms with van der Waals surface area (Å²) in [5, 5.41) is 12.6. The van der Waals surface area contributed by atoms with Crippen LogP contribution in [0.1, 0.15) is 47.2 Å². The minimum atomic E-state index is -0.131. The lowest BCUT2D eigenvalue weighted by Gasteiger charge is -2.07. The molecule has 0 aliphatic carbocycles. The summed E-state index contributed by atoms with van der Waals surface area (Å²) in [5.74, 6) is 0.153. The van der Waals surface area contributed by atoms with E-state index in [0.717, 1.165) is 33.2 Å². The third-order valence-corrected chi connectivity index (χ3v) is 6.31. The van der Waals surface area contributed by atoms with E-state index in [1.165, 1.54) is 22.5 Å². The van der Waals surface area contributed by atoms with Crippen molar-refractivity contribution in [2.45, 2.75) is 47.0 Å². The molecule has 1 N–H and O–H groups in total. The van der Waals surface area contributed by atoms with Crippen LogP contribution in [0.2, 0.25) is 0 Å². The van der Waals surface area contributed by atoms with Gasteiger partial charge in [-0.25, -0.2) is 4.98 Å². The molecule has 0 fully saturated rings. The number of nitrogens with one attached hydrogen (secondary N) is 1. The number of aromatic nitrogens is 4. The average molecular weight is 420 g/mol. The van der Waals surface area contributed by atoms with Gasteiger partial charge in [0, 0.05) is 17.7 Å². The van der Waals surface area contributed by atoms with Gasteiger partial charge >= 0.3 is 0 Å². The van der Waals surface area contributed by atoms with Crippen molar-refractivity contribution in [3.63, 3.8) is 0 Å². The molecule has 3 aromatic heterocycles. The van der Waals surface area contributed by atoms with Crippen LogP contribution in [0.5, 0.6) is 0 Å². The normalized spacial score (nSPS) is 11.4. The van der Waals surface area contributed by atoms with Crippen LogP contribution in [0.25, 0.3) is 16.9 Å². The van der Waals surface area contributed by atoms with Gasteiger partial charge in [0.05, 0.1) is 17.8 Å². The maximum atomic E-state index is 12.9. The molecule has 0 spiro atoms. The number of fused-ring (bicyclic) bond motifs is 1. The van der Waals surface area contributed by atoms with Gasteiger partial charge in [0.2, 0.25) is 11.0 Å². The zero-order valence-corrected chi connectivity index (χ0v) is 18.7. The Hall–Kier alpha value is -3.06. The van der Waals surface area contributed by atoms with E-state index in [2.05, 4.69) is 61.4 Å². The van der Waals surface area contributed by atoms with Crippen molar-refractivity contribution >= 4 is 28.0 Å². The predicted molar refractivity (Wildman–Crippen MR) is 121 cm³/mol. The van der Waals surface area contributed by atoms with Crippen LogP contribution >= 0.6 is 11.3 Å². The molecule has 0 aliphatic rings. The average Bonchev–Trinajstić information content (AvgIpc) is 3.29.